The van der Waals surface area contributed by atoms with Crippen molar-refractivity contribution in [3.63, 3.8) is 0 Å². The molecule has 1 aromatic carbocycles. The van der Waals surface area contributed by atoms with Crippen molar-refractivity contribution < 1.29 is 14.3 Å². The van der Waals surface area contributed by atoms with Gasteiger partial charge in [0.2, 0.25) is 5.91 Å². The zero-order chi connectivity index (χ0) is 13.4. The zero-order valence-electron chi connectivity index (χ0n) is 10.2. The maximum Gasteiger partial charge on any atom is 0.411 e. The SMILES string of the molecule is C=CCOC(=O)Nc1cccc(NC(=O)CC)c1. The number of ether oxygens (including phenoxy) is 1. The molecule has 0 fully saturated rings. The van der Waals surface area contributed by atoms with Crippen molar-refractivity contribution in [1.82, 2.24) is 0 Å². The highest BCUT2D eigenvalue weighted by atomic mass is 16.5. The number of rotatable bonds is 5. The van der Waals surface area contributed by atoms with E-state index in [9.17, 15) is 9.59 Å². The van der Waals surface area contributed by atoms with Crippen molar-refractivity contribution in [1.29, 1.82) is 0 Å². The lowest BCUT2D eigenvalue weighted by atomic mass is 10.2. The summed E-state index contributed by atoms with van der Waals surface area (Å²) in [6.45, 7) is 5.36. The molecule has 1 aromatic rings. The van der Waals surface area contributed by atoms with Crippen LogP contribution in [0, 0.1) is 0 Å². The van der Waals surface area contributed by atoms with Crippen LogP contribution in [-0.4, -0.2) is 18.6 Å². The topological polar surface area (TPSA) is 67.4 Å². The number of hydrogen-bond acceptors (Lipinski definition) is 3. The van der Waals surface area contributed by atoms with Crippen LogP contribution < -0.4 is 10.6 Å². The van der Waals surface area contributed by atoms with Gasteiger partial charge in [-0.3, -0.25) is 10.1 Å². The first-order valence-electron chi connectivity index (χ1n) is 5.60. The number of benzene rings is 1. The molecule has 5 heteroatoms. The van der Waals surface area contributed by atoms with Crippen molar-refractivity contribution in [2.45, 2.75) is 13.3 Å². The van der Waals surface area contributed by atoms with Crippen LogP contribution in [0.2, 0.25) is 0 Å². The molecule has 0 aliphatic heterocycles. The largest absolute Gasteiger partial charge is 0.445 e. The van der Waals surface area contributed by atoms with E-state index in [1.165, 1.54) is 6.08 Å². The van der Waals surface area contributed by atoms with E-state index in [0.29, 0.717) is 17.8 Å². The monoisotopic (exact) mass is 248 g/mol. The fourth-order valence-electron chi connectivity index (χ4n) is 1.21. The quantitative estimate of drug-likeness (QED) is 0.787. The highest BCUT2D eigenvalue weighted by Gasteiger charge is 2.04. The third-order valence-corrected chi connectivity index (χ3v) is 2.05. The van der Waals surface area contributed by atoms with Gasteiger partial charge in [-0.1, -0.05) is 25.6 Å². The first kappa shape index (κ1) is 13.8. The molecular weight excluding hydrogens is 232 g/mol. The van der Waals surface area contributed by atoms with Gasteiger partial charge in [0.25, 0.3) is 0 Å². The Labute approximate surface area is 106 Å². The van der Waals surface area contributed by atoms with Gasteiger partial charge in [0.15, 0.2) is 0 Å². The van der Waals surface area contributed by atoms with Crippen LogP contribution in [0.1, 0.15) is 13.3 Å². The van der Waals surface area contributed by atoms with Gasteiger partial charge in [0, 0.05) is 17.8 Å². The Hall–Kier alpha value is -2.30. The Bertz CT molecular complexity index is 444. The van der Waals surface area contributed by atoms with Crippen molar-refractivity contribution in [2.75, 3.05) is 17.2 Å². The van der Waals surface area contributed by atoms with Gasteiger partial charge in [0.05, 0.1) is 0 Å². The molecule has 5 nitrogen and oxygen atoms in total. The lowest BCUT2D eigenvalue weighted by Gasteiger charge is -2.08. The van der Waals surface area contributed by atoms with Crippen molar-refractivity contribution in [3.05, 3.63) is 36.9 Å². The molecule has 2 amide bonds. The smallest absolute Gasteiger partial charge is 0.411 e. The molecule has 0 bridgehead atoms. The molecule has 1 rings (SSSR count). The standard InChI is InChI=1S/C13H16N2O3/c1-3-8-18-13(17)15-11-7-5-6-10(9-11)14-12(16)4-2/h3,5-7,9H,1,4,8H2,2H3,(H,14,16)(H,15,17). The molecule has 0 heterocycles. The molecule has 0 aromatic heterocycles. The molecule has 0 aliphatic rings. The van der Waals surface area contributed by atoms with Crippen LogP contribution in [-0.2, 0) is 9.53 Å². The van der Waals surface area contributed by atoms with Crippen LogP contribution >= 0.6 is 0 Å². The lowest BCUT2D eigenvalue weighted by Crippen LogP contribution is -2.14. The molecule has 0 saturated carbocycles. The molecule has 0 unspecified atom stereocenters. The summed E-state index contributed by atoms with van der Waals surface area (Å²) in [6.07, 6.45) is 1.32. The fourth-order valence-corrected chi connectivity index (χ4v) is 1.21. The second-order valence-electron chi connectivity index (χ2n) is 3.49. The van der Waals surface area contributed by atoms with E-state index >= 15 is 0 Å². The Balaban J connectivity index is 2.61. The summed E-state index contributed by atoms with van der Waals surface area (Å²) in [5.74, 6) is -0.0821. The van der Waals surface area contributed by atoms with Gasteiger partial charge in [0.1, 0.15) is 6.61 Å². The molecule has 0 saturated heterocycles. The highest BCUT2D eigenvalue weighted by molar-refractivity contribution is 5.92. The summed E-state index contributed by atoms with van der Waals surface area (Å²) >= 11 is 0. The molecule has 96 valence electrons. The number of carbonyl (C=O) groups excluding carboxylic acids is 2. The number of nitrogens with one attached hydrogen (secondary N) is 2. The minimum Gasteiger partial charge on any atom is -0.445 e. The first-order chi connectivity index (χ1) is 8.65. The minimum absolute atomic E-state index is 0.0821. The van der Waals surface area contributed by atoms with Crippen molar-refractivity contribution in [3.8, 4) is 0 Å². The Morgan fingerprint density at radius 1 is 1.33 bits per heavy atom. The van der Waals surface area contributed by atoms with Crippen molar-refractivity contribution >= 4 is 23.4 Å². The van der Waals surface area contributed by atoms with E-state index in [4.69, 9.17) is 4.74 Å². The molecular formula is C13H16N2O3. The summed E-state index contributed by atoms with van der Waals surface area (Å²) in [5.41, 5.74) is 1.18. The van der Waals surface area contributed by atoms with E-state index in [1.807, 2.05) is 0 Å². The molecule has 0 radical (unpaired) electrons. The minimum atomic E-state index is -0.561. The number of anilines is 2. The van der Waals surface area contributed by atoms with E-state index in [-0.39, 0.29) is 12.5 Å². The Kier molecular flexibility index (Phi) is 5.44. The van der Waals surface area contributed by atoms with E-state index in [2.05, 4.69) is 17.2 Å². The predicted octanol–water partition coefficient (Wildman–Crippen LogP) is 2.77. The van der Waals surface area contributed by atoms with Gasteiger partial charge >= 0.3 is 6.09 Å². The third kappa shape index (κ3) is 4.69. The van der Waals surface area contributed by atoms with Gasteiger partial charge < -0.3 is 10.1 Å². The number of carbonyl (C=O) groups is 2. The fraction of sp³-hybridized carbons (Fsp3) is 0.231. The van der Waals surface area contributed by atoms with Crippen LogP contribution in [0.25, 0.3) is 0 Å². The van der Waals surface area contributed by atoms with E-state index < -0.39 is 6.09 Å². The number of amides is 2. The highest BCUT2D eigenvalue weighted by Crippen LogP contribution is 2.15. The van der Waals surface area contributed by atoms with Gasteiger partial charge in [-0.2, -0.15) is 0 Å². The van der Waals surface area contributed by atoms with Crippen molar-refractivity contribution in [2.24, 2.45) is 0 Å². The van der Waals surface area contributed by atoms with Crippen LogP contribution in [0.15, 0.2) is 36.9 Å². The summed E-state index contributed by atoms with van der Waals surface area (Å²) in [5, 5.41) is 5.25. The normalized spacial score (nSPS) is 9.39. The van der Waals surface area contributed by atoms with E-state index in [0.717, 1.165) is 0 Å². The summed E-state index contributed by atoms with van der Waals surface area (Å²) in [4.78, 5) is 22.5. The second-order valence-corrected chi connectivity index (χ2v) is 3.49. The molecule has 2 N–H and O–H groups in total. The summed E-state index contributed by atoms with van der Waals surface area (Å²) in [7, 11) is 0. The maximum absolute atomic E-state index is 11.3. The molecule has 18 heavy (non-hydrogen) atoms. The molecule has 0 atom stereocenters. The second kappa shape index (κ2) is 7.11. The Morgan fingerprint density at radius 3 is 2.61 bits per heavy atom. The predicted molar refractivity (Wildman–Crippen MR) is 70.5 cm³/mol. The Morgan fingerprint density at radius 2 is 2.00 bits per heavy atom. The van der Waals surface area contributed by atoms with Crippen LogP contribution in [0.5, 0.6) is 0 Å². The summed E-state index contributed by atoms with van der Waals surface area (Å²) < 4.78 is 4.78. The zero-order valence-corrected chi connectivity index (χ0v) is 10.2. The maximum atomic E-state index is 11.3. The molecule has 0 aliphatic carbocycles. The van der Waals surface area contributed by atoms with Gasteiger partial charge in [-0.05, 0) is 18.2 Å². The lowest BCUT2D eigenvalue weighted by molar-refractivity contribution is -0.115. The number of hydrogen-bond donors (Lipinski definition) is 2. The third-order valence-electron chi connectivity index (χ3n) is 2.05. The average molecular weight is 248 g/mol. The van der Waals surface area contributed by atoms with Gasteiger partial charge in [-0.25, -0.2) is 4.79 Å². The average Bonchev–Trinajstić information content (AvgIpc) is 2.36. The molecule has 0 spiro atoms. The van der Waals surface area contributed by atoms with Gasteiger partial charge in [-0.15, -0.1) is 0 Å². The van der Waals surface area contributed by atoms with Crippen LogP contribution in [0.4, 0.5) is 16.2 Å². The van der Waals surface area contributed by atoms with E-state index in [1.54, 1.807) is 31.2 Å². The first-order valence-corrected chi connectivity index (χ1v) is 5.60. The van der Waals surface area contributed by atoms with Crippen LogP contribution in [0.3, 0.4) is 0 Å². The summed E-state index contributed by atoms with van der Waals surface area (Å²) in [6, 6.07) is 6.84.